The number of aliphatic hydroxyl groups excluding tert-OH is 1. The largest absolute Gasteiger partial charge is 0.495 e. The highest BCUT2D eigenvalue weighted by molar-refractivity contribution is 8.00. The van der Waals surface area contributed by atoms with E-state index in [0.29, 0.717) is 17.0 Å². The molecule has 112 valence electrons. The third-order valence-electron chi connectivity index (χ3n) is 2.71. The Labute approximate surface area is 123 Å². The van der Waals surface area contributed by atoms with Crippen LogP contribution in [0.1, 0.15) is 17.4 Å². The Kier molecular flexibility index (Phi) is 4.74. The van der Waals surface area contributed by atoms with E-state index in [9.17, 15) is 18.3 Å². The van der Waals surface area contributed by atoms with Gasteiger partial charge < -0.3 is 9.84 Å². The predicted octanol–water partition coefficient (Wildman–Crippen LogP) is 3.78. The molecule has 0 fully saturated rings. The second-order valence-electron chi connectivity index (χ2n) is 4.11. The van der Waals surface area contributed by atoms with Crippen LogP contribution in [-0.2, 0) is 0 Å². The lowest BCUT2D eigenvalue weighted by Crippen LogP contribution is -2.05. The van der Waals surface area contributed by atoms with Crippen LogP contribution in [0.15, 0.2) is 47.5 Å². The van der Waals surface area contributed by atoms with E-state index in [4.69, 9.17) is 4.74 Å². The van der Waals surface area contributed by atoms with E-state index >= 15 is 0 Å². The fourth-order valence-corrected chi connectivity index (χ4v) is 2.33. The molecule has 0 aliphatic rings. The maximum Gasteiger partial charge on any atom is 0.446 e. The first-order valence-corrected chi connectivity index (χ1v) is 6.75. The average molecular weight is 315 g/mol. The maximum atomic E-state index is 12.3. The minimum atomic E-state index is -4.33. The number of rotatable bonds is 4. The molecule has 1 aromatic heterocycles. The van der Waals surface area contributed by atoms with Crippen LogP contribution in [0.2, 0.25) is 0 Å². The summed E-state index contributed by atoms with van der Waals surface area (Å²) in [6.45, 7) is 0. The molecule has 1 aromatic carbocycles. The van der Waals surface area contributed by atoms with Crippen molar-refractivity contribution < 1.29 is 23.0 Å². The molecule has 0 aliphatic heterocycles. The molecule has 3 nitrogen and oxygen atoms in total. The van der Waals surface area contributed by atoms with E-state index in [0.717, 1.165) is 0 Å². The normalized spacial score (nSPS) is 13.0. The molecule has 1 unspecified atom stereocenters. The average Bonchev–Trinajstić information content (AvgIpc) is 2.45. The van der Waals surface area contributed by atoms with Crippen LogP contribution in [-0.4, -0.2) is 22.7 Å². The summed E-state index contributed by atoms with van der Waals surface area (Å²) in [6, 6.07) is 8.82. The summed E-state index contributed by atoms with van der Waals surface area (Å²) in [6.07, 6.45) is 0.445. The summed E-state index contributed by atoms with van der Waals surface area (Å²) in [5.41, 5.74) is -3.57. The summed E-state index contributed by atoms with van der Waals surface area (Å²) in [7, 11) is 1.45. The van der Waals surface area contributed by atoms with Crippen molar-refractivity contribution in [1.29, 1.82) is 0 Å². The Morgan fingerprint density at radius 2 is 1.86 bits per heavy atom. The highest BCUT2D eigenvalue weighted by Gasteiger charge is 2.29. The van der Waals surface area contributed by atoms with Crippen molar-refractivity contribution >= 4 is 11.8 Å². The van der Waals surface area contributed by atoms with E-state index in [1.807, 2.05) is 0 Å². The molecule has 0 saturated heterocycles. The van der Waals surface area contributed by atoms with Gasteiger partial charge >= 0.3 is 5.51 Å². The summed E-state index contributed by atoms with van der Waals surface area (Å²) in [4.78, 5) is 4.11. The minimum Gasteiger partial charge on any atom is -0.495 e. The van der Waals surface area contributed by atoms with Gasteiger partial charge in [0.15, 0.2) is 0 Å². The number of thioether (sulfide) groups is 1. The first-order valence-electron chi connectivity index (χ1n) is 5.93. The second-order valence-corrected chi connectivity index (χ2v) is 5.25. The first kappa shape index (κ1) is 15.7. The molecule has 1 N–H and O–H groups in total. The number of benzene rings is 1. The number of methoxy groups -OCH3 is 1. The Balaban J connectivity index is 2.22. The molecule has 2 rings (SSSR count). The fourth-order valence-electron chi connectivity index (χ4n) is 1.79. The van der Waals surface area contributed by atoms with Crippen LogP contribution in [0, 0.1) is 0 Å². The first-order chi connectivity index (χ1) is 9.90. The summed E-state index contributed by atoms with van der Waals surface area (Å²) >= 11 is -0.197. The van der Waals surface area contributed by atoms with Crippen LogP contribution < -0.4 is 4.74 Å². The zero-order valence-electron chi connectivity index (χ0n) is 11.0. The van der Waals surface area contributed by atoms with Crippen LogP contribution in [0.3, 0.4) is 0 Å². The fraction of sp³-hybridized carbons (Fsp3) is 0.214. The van der Waals surface area contributed by atoms with Crippen molar-refractivity contribution in [3.05, 3.63) is 53.9 Å². The molecule has 0 saturated carbocycles. The van der Waals surface area contributed by atoms with Gasteiger partial charge in [-0.05, 0) is 41.6 Å². The van der Waals surface area contributed by atoms with Crippen molar-refractivity contribution in [3.63, 3.8) is 0 Å². The predicted molar refractivity (Wildman–Crippen MR) is 73.2 cm³/mol. The Morgan fingerprint density at radius 1 is 1.19 bits per heavy atom. The minimum absolute atomic E-state index is 0.0615. The van der Waals surface area contributed by atoms with E-state index in [-0.39, 0.29) is 16.7 Å². The monoisotopic (exact) mass is 315 g/mol. The third-order valence-corrected chi connectivity index (χ3v) is 3.45. The number of hydrogen-bond acceptors (Lipinski definition) is 4. The number of hydrogen-bond donors (Lipinski definition) is 1. The quantitative estimate of drug-likeness (QED) is 0.872. The molecule has 0 aliphatic carbocycles. The highest BCUT2D eigenvalue weighted by Crippen LogP contribution is 2.37. The summed E-state index contributed by atoms with van der Waals surface area (Å²) < 4.78 is 41.9. The van der Waals surface area contributed by atoms with E-state index in [1.165, 1.54) is 37.6 Å². The van der Waals surface area contributed by atoms with Crippen LogP contribution in [0.5, 0.6) is 5.75 Å². The van der Waals surface area contributed by atoms with Gasteiger partial charge in [0.2, 0.25) is 0 Å². The van der Waals surface area contributed by atoms with Crippen molar-refractivity contribution in [3.8, 4) is 5.75 Å². The van der Waals surface area contributed by atoms with E-state index in [1.54, 1.807) is 12.1 Å². The molecule has 0 radical (unpaired) electrons. The molecule has 21 heavy (non-hydrogen) atoms. The van der Waals surface area contributed by atoms with Gasteiger partial charge in [-0.2, -0.15) is 13.2 Å². The number of nitrogens with zero attached hydrogens (tertiary/aromatic N) is 1. The lowest BCUT2D eigenvalue weighted by molar-refractivity contribution is -0.0328. The van der Waals surface area contributed by atoms with E-state index < -0.39 is 11.6 Å². The molecule has 0 spiro atoms. The smallest absolute Gasteiger partial charge is 0.446 e. The third kappa shape index (κ3) is 4.12. The number of aliphatic hydroxyl groups is 1. The highest BCUT2D eigenvalue weighted by atomic mass is 32.2. The molecule has 1 heterocycles. The number of aromatic nitrogens is 1. The Morgan fingerprint density at radius 3 is 2.43 bits per heavy atom. The van der Waals surface area contributed by atoms with E-state index in [2.05, 4.69) is 4.98 Å². The van der Waals surface area contributed by atoms with Crippen LogP contribution in [0.4, 0.5) is 13.2 Å². The molecule has 7 heteroatoms. The van der Waals surface area contributed by atoms with Crippen molar-refractivity contribution in [2.45, 2.75) is 16.5 Å². The van der Waals surface area contributed by atoms with Crippen molar-refractivity contribution in [1.82, 2.24) is 4.98 Å². The standard InChI is InChI=1S/C14H12F3NO2S/c1-20-11-3-2-8-18-12(11)13(19)9-4-6-10(7-5-9)21-14(15,16)17/h2-8,13,19H,1H3. The number of pyridine rings is 1. The molecule has 2 aromatic rings. The van der Waals surface area contributed by atoms with Crippen molar-refractivity contribution in [2.24, 2.45) is 0 Å². The lowest BCUT2D eigenvalue weighted by atomic mass is 10.1. The number of halogens is 3. The summed E-state index contributed by atoms with van der Waals surface area (Å²) in [5.74, 6) is 0.416. The molecule has 0 amide bonds. The Bertz CT molecular complexity index is 602. The summed E-state index contributed by atoms with van der Waals surface area (Å²) in [5, 5.41) is 10.3. The van der Waals surface area contributed by atoms with Gasteiger partial charge in [-0.15, -0.1) is 0 Å². The maximum absolute atomic E-state index is 12.3. The number of alkyl halides is 3. The molecule has 0 bridgehead atoms. The molecular formula is C14H12F3NO2S. The zero-order valence-corrected chi connectivity index (χ0v) is 11.8. The van der Waals surface area contributed by atoms with Gasteiger partial charge in [0.05, 0.1) is 7.11 Å². The van der Waals surface area contributed by atoms with Gasteiger partial charge in [0, 0.05) is 11.1 Å². The van der Waals surface area contributed by atoms with Gasteiger partial charge in [0.1, 0.15) is 17.5 Å². The Hall–Kier alpha value is -1.73. The van der Waals surface area contributed by atoms with Gasteiger partial charge in [-0.3, -0.25) is 4.98 Å². The van der Waals surface area contributed by atoms with Crippen molar-refractivity contribution in [2.75, 3.05) is 7.11 Å². The number of ether oxygens (including phenoxy) is 1. The SMILES string of the molecule is COc1cccnc1C(O)c1ccc(SC(F)(F)F)cc1. The van der Waals surface area contributed by atoms with Gasteiger partial charge in [-0.1, -0.05) is 12.1 Å². The second kappa shape index (κ2) is 6.36. The van der Waals surface area contributed by atoms with Gasteiger partial charge in [0.25, 0.3) is 0 Å². The molecular weight excluding hydrogens is 303 g/mol. The van der Waals surface area contributed by atoms with Gasteiger partial charge in [-0.25, -0.2) is 0 Å². The lowest BCUT2D eigenvalue weighted by Gasteiger charge is -2.14. The molecule has 1 atom stereocenters. The topological polar surface area (TPSA) is 42.4 Å². The van der Waals surface area contributed by atoms with Crippen LogP contribution in [0.25, 0.3) is 0 Å². The zero-order chi connectivity index (χ0) is 15.5. The van der Waals surface area contributed by atoms with Crippen LogP contribution >= 0.6 is 11.8 Å².